The van der Waals surface area contributed by atoms with Crippen LogP contribution >= 0.6 is 11.8 Å². The molecule has 0 atom stereocenters. The van der Waals surface area contributed by atoms with E-state index >= 15 is 0 Å². The van der Waals surface area contributed by atoms with Crippen molar-refractivity contribution in [3.8, 4) is 11.1 Å². The van der Waals surface area contributed by atoms with Crippen molar-refractivity contribution in [1.82, 2.24) is 10.2 Å². The number of carbonyl (C=O) groups excluding carboxylic acids is 1. The van der Waals surface area contributed by atoms with Gasteiger partial charge >= 0.3 is 0 Å². The number of hydrogen-bond donors (Lipinski definition) is 1. The summed E-state index contributed by atoms with van der Waals surface area (Å²) in [6.45, 7) is 3.63. The molecule has 0 saturated heterocycles. The van der Waals surface area contributed by atoms with Gasteiger partial charge in [-0.1, -0.05) is 55.5 Å². The summed E-state index contributed by atoms with van der Waals surface area (Å²) in [5.74, 6) is 2.06. The molecule has 2 aromatic carbocycles. The molecule has 2 rings (SSSR count). The van der Waals surface area contributed by atoms with Crippen molar-refractivity contribution in [3.05, 3.63) is 59.7 Å². The number of rotatable bonds is 9. The third-order valence-corrected chi connectivity index (χ3v) is 4.84. The summed E-state index contributed by atoms with van der Waals surface area (Å²) in [5, 5.41) is 3.05. The van der Waals surface area contributed by atoms with Gasteiger partial charge in [-0.3, -0.25) is 4.79 Å². The van der Waals surface area contributed by atoms with Gasteiger partial charge in [0, 0.05) is 25.3 Å². The highest BCUT2D eigenvalue weighted by Crippen LogP contribution is 2.24. The fourth-order valence-electron chi connectivity index (χ4n) is 2.70. The largest absolute Gasteiger partial charge is 0.352 e. The highest BCUT2D eigenvalue weighted by molar-refractivity contribution is 7.99. The second-order valence-corrected chi connectivity index (χ2v) is 7.71. The van der Waals surface area contributed by atoms with Gasteiger partial charge in [-0.15, -0.1) is 0 Å². The Morgan fingerprint density at radius 2 is 1.80 bits per heavy atom. The minimum atomic E-state index is 0.122. The molecule has 3 nitrogen and oxygen atoms in total. The fourth-order valence-corrected chi connectivity index (χ4v) is 3.32. The SMILES string of the molecule is CCSCCC(=O)NCc1ccccc1-c1ccc(CN(C)C)cc1. The Labute approximate surface area is 155 Å². The van der Waals surface area contributed by atoms with E-state index in [1.54, 1.807) is 11.8 Å². The van der Waals surface area contributed by atoms with Gasteiger partial charge in [0.25, 0.3) is 0 Å². The number of thioether (sulfide) groups is 1. The highest BCUT2D eigenvalue weighted by atomic mass is 32.2. The molecule has 0 aliphatic rings. The summed E-state index contributed by atoms with van der Waals surface area (Å²) in [4.78, 5) is 14.1. The lowest BCUT2D eigenvalue weighted by Gasteiger charge is -2.13. The number of carbonyl (C=O) groups is 1. The quantitative estimate of drug-likeness (QED) is 0.684. The lowest BCUT2D eigenvalue weighted by atomic mass is 9.98. The van der Waals surface area contributed by atoms with Crippen molar-refractivity contribution >= 4 is 17.7 Å². The summed E-state index contributed by atoms with van der Waals surface area (Å²) in [7, 11) is 4.15. The van der Waals surface area contributed by atoms with E-state index in [1.807, 2.05) is 12.1 Å². The van der Waals surface area contributed by atoms with Crippen molar-refractivity contribution in [2.45, 2.75) is 26.4 Å². The average molecular weight is 357 g/mol. The van der Waals surface area contributed by atoms with E-state index < -0.39 is 0 Å². The third-order valence-electron chi connectivity index (χ3n) is 3.93. The molecule has 0 unspecified atom stereocenters. The van der Waals surface area contributed by atoms with Crippen LogP contribution < -0.4 is 5.32 Å². The van der Waals surface area contributed by atoms with Crippen LogP contribution in [-0.4, -0.2) is 36.4 Å². The lowest BCUT2D eigenvalue weighted by molar-refractivity contribution is -0.120. The molecule has 0 bridgehead atoms. The number of hydrogen-bond acceptors (Lipinski definition) is 3. The topological polar surface area (TPSA) is 32.3 Å². The summed E-state index contributed by atoms with van der Waals surface area (Å²) < 4.78 is 0. The molecule has 0 aromatic heterocycles. The van der Waals surface area contributed by atoms with Gasteiger partial charge in [0.05, 0.1) is 0 Å². The summed E-state index contributed by atoms with van der Waals surface area (Å²) in [6, 6.07) is 17.0. The molecular weight excluding hydrogens is 328 g/mol. The molecule has 0 radical (unpaired) electrons. The van der Waals surface area contributed by atoms with E-state index in [1.165, 1.54) is 16.7 Å². The predicted molar refractivity (Wildman–Crippen MR) is 109 cm³/mol. The zero-order valence-electron chi connectivity index (χ0n) is 15.4. The first-order chi connectivity index (χ1) is 12.1. The van der Waals surface area contributed by atoms with E-state index in [2.05, 4.69) is 67.6 Å². The van der Waals surface area contributed by atoms with Gasteiger partial charge < -0.3 is 10.2 Å². The van der Waals surface area contributed by atoms with E-state index in [0.717, 1.165) is 23.6 Å². The zero-order chi connectivity index (χ0) is 18.1. The van der Waals surface area contributed by atoms with Crippen molar-refractivity contribution in [2.24, 2.45) is 0 Å². The second-order valence-electron chi connectivity index (χ2n) is 6.32. The fraction of sp³-hybridized carbons (Fsp3) is 0.381. The highest BCUT2D eigenvalue weighted by Gasteiger charge is 2.07. The van der Waals surface area contributed by atoms with E-state index in [0.29, 0.717) is 13.0 Å². The Bertz CT molecular complexity index is 668. The van der Waals surface area contributed by atoms with Gasteiger partial charge in [0.1, 0.15) is 0 Å². The van der Waals surface area contributed by atoms with Gasteiger partial charge in [-0.2, -0.15) is 11.8 Å². The minimum Gasteiger partial charge on any atom is -0.352 e. The molecule has 0 saturated carbocycles. The Hall–Kier alpha value is -1.78. The molecule has 134 valence electrons. The average Bonchev–Trinajstić information content (AvgIpc) is 2.61. The van der Waals surface area contributed by atoms with Crippen molar-refractivity contribution in [3.63, 3.8) is 0 Å². The van der Waals surface area contributed by atoms with E-state index in [4.69, 9.17) is 0 Å². The maximum absolute atomic E-state index is 12.0. The van der Waals surface area contributed by atoms with Crippen LogP contribution in [0.4, 0.5) is 0 Å². The van der Waals surface area contributed by atoms with Gasteiger partial charge in [0.15, 0.2) is 0 Å². The molecule has 1 N–H and O–H groups in total. The monoisotopic (exact) mass is 356 g/mol. The summed E-state index contributed by atoms with van der Waals surface area (Å²) in [5.41, 5.74) is 4.82. The van der Waals surface area contributed by atoms with Crippen molar-refractivity contribution in [2.75, 3.05) is 25.6 Å². The first kappa shape index (κ1) is 19.5. The van der Waals surface area contributed by atoms with Crippen molar-refractivity contribution < 1.29 is 4.79 Å². The van der Waals surface area contributed by atoms with Crippen LogP contribution in [0.3, 0.4) is 0 Å². The number of benzene rings is 2. The summed E-state index contributed by atoms with van der Waals surface area (Å²) in [6.07, 6.45) is 0.583. The van der Waals surface area contributed by atoms with E-state index in [-0.39, 0.29) is 5.91 Å². The molecule has 0 aliphatic heterocycles. The predicted octanol–water partition coefficient (Wildman–Crippen LogP) is 4.17. The maximum Gasteiger partial charge on any atom is 0.221 e. The maximum atomic E-state index is 12.0. The second kappa shape index (κ2) is 10.3. The molecule has 2 aromatic rings. The Balaban J connectivity index is 2.03. The third kappa shape index (κ3) is 6.56. The molecule has 0 fully saturated rings. The molecule has 1 amide bonds. The molecular formula is C21H28N2OS. The molecule has 25 heavy (non-hydrogen) atoms. The number of nitrogens with zero attached hydrogens (tertiary/aromatic N) is 1. The Morgan fingerprint density at radius 1 is 1.08 bits per heavy atom. The normalized spacial score (nSPS) is 10.9. The van der Waals surface area contributed by atoms with Crippen LogP contribution in [0, 0.1) is 0 Å². The Kier molecular flexibility index (Phi) is 8.02. The molecule has 0 aliphatic carbocycles. The summed E-state index contributed by atoms with van der Waals surface area (Å²) >= 11 is 1.80. The lowest BCUT2D eigenvalue weighted by Crippen LogP contribution is -2.23. The van der Waals surface area contributed by atoms with Crippen LogP contribution in [0.1, 0.15) is 24.5 Å². The first-order valence-electron chi connectivity index (χ1n) is 8.76. The standard InChI is InChI=1S/C21H28N2OS/c1-4-25-14-13-21(24)22-15-19-7-5-6-8-20(19)18-11-9-17(10-12-18)16-23(2)3/h5-12H,4,13-16H2,1-3H3,(H,22,24). The van der Waals surface area contributed by atoms with Crippen LogP contribution in [-0.2, 0) is 17.9 Å². The van der Waals surface area contributed by atoms with Crippen LogP contribution in [0.15, 0.2) is 48.5 Å². The van der Waals surface area contributed by atoms with Gasteiger partial charge in [0.2, 0.25) is 5.91 Å². The van der Waals surface area contributed by atoms with Crippen LogP contribution in [0.5, 0.6) is 0 Å². The van der Waals surface area contributed by atoms with Crippen LogP contribution in [0.2, 0.25) is 0 Å². The van der Waals surface area contributed by atoms with Crippen molar-refractivity contribution in [1.29, 1.82) is 0 Å². The number of amides is 1. The van der Waals surface area contributed by atoms with Gasteiger partial charge in [-0.25, -0.2) is 0 Å². The molecule has 0 spiro atoms. The molecule has 4 heteroatoms. The van der Waals surface area contributed by atoms with Gasteiger partial charge in [-0.05, 0) is 42.1 Å². The van der Waals surface area contributed by atoms with Crippen LogP contribution in [0.25, 0.3) is 11.1 Å². The number of nitrogens with one attached hydrogen (secondary N) is 1. The smallest absolute Gasteiger partial charge is 0.221 e. The van der Waals surface area contributed by atoms with E-state index in [9.17, 15) is 4.79 Å². The Morgan fingerprint density at radius 3 is 2.48 bits per heavy atom. The minimum absolute atomic E-state index is 0.122. The first-order valence-corrected chi connectivity index (χ1v) is 9.92. The molecule has 0 heterocycles. The zero-order valence-corrected chi connectivity index (χ0v) is 16.2.